The predicted molar refractivity (Wildman–Crippen MR) is 64.8 cm³/mol. The van der Waals surface area contributed by atoms with Crippen LogP contribution in [0.15, 0.2) is 0 Å². The van der Waals surface area contributed by atoms with Gasteiger partial charge in [-0.05, 0) is 25.2 Å². The molecule has 3 unspecified atom stereocenters. The van der Waals surface area contributed by atoms with Gasteiger partial charge in [-0.2, -0.15) is 0 Å². The lowest BCUT2D eigenvalue weighted by atomic mass is 9.73. The summed E-state index contributed by atoms with van der Waals surface area (Å²) in [6.07, 6.45) is 3.33. The molecule has 0 aromatic heterocycles. The molecule has 0 radical (unpaired) electrons. The molecule has 4 nitrogen and oxygen atoms in total. The van der Waals surface area contributed by atoms with E-state index in [1.165, 1.54) is 0 Å². The van der Waals surface area contributed by atoms with Crippen LogP contribution in [0.25, 0.3) is 0 Å². The topological polar surface area (TPSA) is 66.8 Å². The van der Waals surface area contributed by atoms with Gasteiger partial charge in [-0.25, -0.2) is 4.79 Å². The van der Waals surface area contributed by atoms with Gasteiger partial charge in [0.2, 0.25) is 0 Å². The van der Waals surface area contributed by atoms with E-state index in [2.05, 4.69) is 6.92 Å². The Morgan fingerprint density at radius 1 is 1.53 bits per heavy atom. The summed E-state index contributed by atoms with van der Waals surface area (Å²) in [4.78, 5) is 11.3. The van der Waals surface area contributed by atoms with Crippen LogP contribution in [0.1, 0.15) is 46.5 Å². The van der Waals surface area contributed by atoms with Crippen molar-refractivity contribution in [1.29, 1.82) is 0 Å². The van der Waals surface area contributed by atoms with Crippen molar-refractivity contribution in [2.45, 2.75) is 58.2 Å². The summed E-state index contributed by atoms with van der Waals surface area (Å²) in [5.41, 5.74) is -1.62. The van der Waals surface area contributed by atoms with E-state index < -0.39 is 11.6 Å². The highest BCUT2D eigenvalue weighted by Gasteiger charge is 2.48. The zero-order valence-electron chi connectivity index (χ0n) is 11.0. The fraction of sp³-hybridized carbons (Fsp3) is 0.923. The maximum absolute atomic E-state index is 11.3. The highest BCUT2D eigenvalue weighted by Crippen LogP contribution is 2.36. The van der Waals surface area contributed by atoms with Crippen LogP contribution in [0.5, 0.6) is 0 Å². The van der Waals surface area contributed by atoms with Crippen LogP contribution in [0.2, 0.25) is 0 Å². The second-order valence-corrected chi connectivity index (χ2v) is 5.29. The van der Waals surface area contributed by atoms with Crippen LogP contribution in [0, 0.1) is 11.8 Å². The quantitative estimate of drug-likeness (QED) is 0.776. The minimum Gasteiger partial charge on any atom is -0.479 e. The van der Waals surface area contributed by atoms with Crippen molar-refractivity contribution >= 4 is 5.97 Å². The Kier molecular flexibility index (Phi) is 4.95. The number of ether oxygens (including phenoxy) is 1. The van der Waals surface area contributed by atoms with Gasteiger partial charge in [0.1, 0.15) is 0 Å². The van der Waals surface area contributed by atoms with Gasteiger partial charge in [0.25, 0.3) is 0 Å². The highest BCUT2D eigenvalue weighted by molar-refractivity contribution is 5.78. The summed E-state index contributed by atoms with van der Waals surface area (Å²) >= 11 is 0. The second-order valence-electron chi connectivity index (χ2n) is 5.29. The molecule has 2 N–H and O–H groups in total. The molecular weight excluding hydrogens is 220 g/mol. The van der Waals surface area contributed by atoms with Crippen LogP contribution in [-0.2, 0) is 9.53 Å². The minimum absolute atomic E-state index is 0.100. The molecule has 0 aromatic rings. The van der Waals surface area contributed by atoms with Gasteiger partial charge >= 0.3 is 5.97 Å². The smallest absolute Gasteiger partial charge is 0.336 e. The average molecular weight is 244 g/mol. The maximum Gasteiger partial charge on any atom is 0.336 e. The van der Waals surface area contributed by atoms with Gasteiger partial charge in [-0.1, -0.05) is 27.2 Å². The number of carboxylic acid groups (broad SMARTS) is 1. The van der Waals surface area contributed by atoms with Gasteiger partial charge in [0.15, 0.2) is 5.60 Å². The van der Waals surface area contributed by atoms with E-state index in [0.717, 1.165) is 12.8 Å². The molecule has 0 aromatic carbocycles. The summed E-state index contributed by atoms with van der Waals surface area (Å²) in [6, 6.07) is 0. The van der Waals surface area contributed by atoms with E-state index in [-0.39, 0.29) is 17.9 Å². The number of hydrogen-bond acceptors (Lipinski definition) is 3. The molecule has 3 atom stereocenters. The SMILES string of the molecule is CCCC1CC(C(O)(C(=O)O)C(C)C)CCO1. The third-order valence-corrected chi connectivity index (χ3v) is 3.82. The van der Waals surface area contributed by atoms with E-state index in [9.17, 15) is 15.0 Å². The molecule has 1 saturated heterocycles. The summed E-state index contributed by atoms with van der Waals surface area (Å²) in [7, 11) is 0. The van der Waals surface area contributed by atoms with Crippen molar-refractivity contribution in [2.75, 3.05) is 6.61 Å². The average Bonchev–Trinajstić information content (AvgIpc) is 2.28. The predicted octanol–water partition coefficient (Wildman–Crippen LogP) is 2.05. The first kappa shape index (κ1) is 14.5. The lowest BCUT2D eigenvalue weighted by Crippen LogP contribution is -2.53. The molecule has 1 aliphatic rings. The zero-order chi connectivity index (χ0) is 13.1. The van der Waals surface area contributed by atoms with Crippen molar-refractivity contribution in [3.63, 3.8) is 0 Å². The van der Waals surface area contributed by atoms with Crippen LogP contribution >= 0.6 is 0 Å². The Hall–Kier alpha value is -0.610. The fourth-order valence-electron chi connectivity index (χ4n) is 2.70. The van der Waals surface area contributed by atoms with Crippen molar-refractivity contribution in [3.05, 3.63) is 0 Å². The molecule has 1 heterocycles. The summed E-state index contributed by atoms with van der Waals surface area (Å²) in [5.74, 6) is -1.59. The van der Waals surface area contributed by atoms with Crippen molar-refractivity contribution in [3.8, 4) is 0 Å². The first-order valence-electron chi connectivity index (χ1n) is 6.50. The first-order valence-corrected chi connectivity index (χ1v) is 6.50. The molecule has 1 rings (SSSR count). The van der Waals surface area contributed by atoms with Crippen molar-refractivity contribution in [1.82, 2.24) is 0 Å². The molecule has 17 heavy (non-hydrogen) atoms. The lowest BCUT2D eigenvalue weighted by molar-refractivity contribution is -0.180. The van der Waals surface area contributed by atoms with Gasteiger partial charge < -0.3 is 14.9 Å². The monoisotopic (exact) mass is 244 g/mol. The maximum atomic E-state index is 11.3. The Balaban J connectivity index is 2.78. The van der Waals surface area contributed by atoms with Gasteiger partial charge in [0.05, 0.1) is 6.10 Å². The fourth-order valence-corrected chi connectivity index (χ4v) is 2.70. The standard InChI is InChI=1S/C13H24O4/c1-4-5-11-8-10(6-7-17-11)13(16,9(2)3)12(14)15/h9-11,16H,4-8H2,1-3H3,(H,14,15). The van der Waals surface area contributed by atoms with E-state index >= 15 is 0 Å². The molecule has 1 aliphatic heterocycles. The van der Waals surface area contributed by atoms with Crippen LogP contribution in [0.4, 0.5) is 0 Å². The number of aliphatic carboxylic acids is 1. The van der Waals surface area contributed by atoms with Gasteiger partial charge in [-0.3, -0.25) is 0 Å². The normalized spacial score (nSPS) is 29.0. The second kappa shape index (κ2) is 5.83. The third-order valence-electron chi connectivity index (χ3n) is 3.82. The molecule has 0 spiro atoms. The van der Waals surface area contributed by atoms with E-state index in [1.807, 2.05) is 0 Å². The van der Waals surface area contributed by atoms with Crippen molar-refractivity contribution < 1.29 is 19.7 Å². The van der Waals surface area contributed by atoms with E-state index in [4.69, 9.17) is 4.74 Å². The van der Waals surface area contributed by atoms with Crippen molar-refractivity contribution in [2.24, 2.45) is 11.8 Å². The van der Waals surface area contributed by atoms with Gasteiger partial charge in [-0.15, -0.1) is 0 Å². The molecule has 4 heteroatoms. The molecule has 1 fully saturated rings. The zero-order valence-corrected chi connectivity index (χ0v) is 11.0. The largest absolute Gasteiger partial charge is 0.479 e. The number of hydrogen-bond donors (Lipinski definition) is 2. The Labute approximate surface area is 103 Å². The Morgan fingerprint density at radius 3 is 2.65 bits per heavy atom. The first-order chi connectivity index (χ1) is 7.92. The minimum atomic E-state index is -1.62. The van der Waals surface area contributed by atoms with Crippen LogP contribution in [-0.4, -0.2) is 34.5 Å². The van der Waals surface area contributed by atoms with Crippen LogP contribution < -0.4 is 0 Å². The number of carbonyl (C=O) groups is 1. The molecule has 100 valence electrons. The molecule has 0 amide bonds. The third kappa shape index (κ3) is 2.99. The van der Waals surface area contributed by atoms with Crippen LogP contribution in [0.3, 0.4) is 0 Å². The summed E-state index contributed by atoms with van der Waals surface area (Å²) < 4.78 is 5.60. The Morgan fingerprint density at radius 2 is 2.18 bits per heavy atom. The van der Waals surface area contributed by atoms with Gasteiger partial charge in [0, 0.05) is 12.5 Å². The molecule has 0 bridgehead atoms. The lowest BCUT2D eigenvalue weighted by Gasteiger charge is -2.40. The molecular formula is C13H24O4. The summed E-state index contributed by atoms with van der Waals surface area (Å²) in [6.45, 7) is 6.16. The number of rotatable bonds is 5. The Bertz CT molecular complexity index is 262. The molecule has 0 saturated carbocycles. The summed E-state index contributed by atoms with van der Waals surface area (Å²) in [5, 5.41) is 19.7. The van der Waals surface area contributed by atoms with E-state index in [1.54, 1.807) is 13.8 Å². The number of aliphatic hydroxyl groups is 1. The molecule has 0 aliphatic carbocycles. The van der Waals surface area contributed by atoms with E-state index in [0.29, 0.717) is 19.4 Å². The highest BCUT2D eigenvalue weighted by atomic mass is 16.5. The number of carboxylic acids is 1.